The Morgan fingerprint density at radius 3 is 2.69 bits per heavy atom. The van der Waals surface area contributed by atoms with E-state index >= 15 is 0 Å². The van der Waals surface area contributed by atoms with E-state index in [-0.39, 0.29) is 41.0 Å². The molecule has 2 aliphatic heterocycles. The summed E-state index contributed by atoms with van der Waals surface area (Å²) >= 11 is 0. The molecule has 0 radical (unpaired) electrons. The first-order valence-electron chi connectivity index (χ1n) is 14.2. The van der Waals surface area contributed by atoms with Crippen molar-refractivity contribution in [2.45, 2.75) is 107 Å². The quantitative estimate of drug-likeness (QED) is 0.519. The Balaban J connectivity index is 0.00000240. The van der Waals surface area contributed by atoms with E-state index in [0.29, 0.717) is 12.0 Å². The second-order valence-corrected chi connectivity index (χ2v) is 13.7. The molecule has 36 heavy (non-hydrogen) atoms. The van der Waals surface area contributed by atoms with E-state index < -0.39 is 11.2 Å². The molecule has 8 rings (SSSR count). The molecule has 2 spiro atoms. The van der Waals surface area contributed by atoms with Crippen LogP contribution in [0, 0.1) is 23.2 Å². The Labute approximate surface area is 222 Å². The first-order chi connectivity index (χ1) is 16.7. The number of piperidine rings is 1. The van der Waals surface area contributed by atoms with E-state index in [1.54, 1.807) is 0 Å². The van der Waals surface area contributed by atoms with Gasteiger partial charge in [-0.25, -0.2) is 0 Å². The molecule has 5 aliphatic carbocycles. The highest BCUT2D eigenvalue weighted by Crippen LogP contribution is 2.77. The van der Waals surface area contributed by atoms with Crippen LogP contribution in [0.1, 0.15) is 83.3 Å². The van der Waals surface area contributed by atoms with E-state index in [0.717, 1.165) is 63.2 Å². The number of likely N-dealkylation sites (tertiary alicyclic amines) is 1. The molecular weight excluding hydrogens is 474 g/mol. The van der Waals surface area contributed by atoms with Crippen LogP contribution in [0.4, 0.5) is 0 Å². The number of aromatic hydroxyl groups is 1. The van der Waals surface area contributed by atoms with Crippen LogP contribution in [0.3, 0.4) is 0 Å². The molecule has 1 saturated heterocycles. The molecule has 0 amide bonds. The topological polar surface area (TPSA) is 62.2 Å². The highest BCUT2D eigenvalue weighted by Gasteiger charge is 2.81. The SMILES string of the molecule is CO[C@]12CC[C@@]3(C[C@@H]1C(C)(O)CCC(C)C)[C@H]1Cc4ccc(O)c5c4[C@@]3(CCN1CC1CC1)[C@H]2O5.Cl. The van der Waals surface area contributed by atoms with Gasteiger partial charge in [-0.05, 0) is 94.7 Å². The Bertz CT molecular complexity index is 1060. The molecule has 5 fully saturated rings. The Kier molecular flexibility index (Phi) is 5.62. The van der Waals surface area contributed by atoms with Gasteiger partial charge in [0.25, 0.3) is 0 Å². The van der Waals surface area contributed by atoms with Crippen LogP contribution >= 0.6 is 12.4 Å². The van der Waals surface area contributed by atoms with Gasteiger partial charge in [0.1, 0.15) is 11.7 Å². The summed E-state index contributed by atoms with van der Waals surface area (Å²) in [6, 6.07) is 4.49. The molecule has 4 saturated carbocycles. The molecule has 0 aromatic heterocycles. The Hall–Kier alpha value is -1.01. The van der Waals surface area contributed by atoms with Gasteiger partial charge >= 0.3 is 0 Å². The van der Waals surface area contributed by atoms with Gasteiger partial charge in [-0.1, -0.05) is 19.9 Å². The predicted molar refractivity (Wildman–Crippen MR) is 142 cm³/mol. The van der Waals surface area contributed by atoms with Crippen LogP contribution in [-0.4, -0.2) is 58.7 Å². The summed E-state index contributed by atoms with van der Waals surface area (Å²) in [4.78, 5) is 2.83. The van der Waals surface area contributed by atoms with Gasteiger partial charge in [0.15, 0.2) is 11.5 Å². The number of methoxy groups -OCH3 is 1. The molecule has 4 bridgehead atoms. The van der Waals surface area contributed by atoms with Crippen molar-refractivity contribution >= 4 is 12.4 Å². The molecule has 5 nitrogen and oxygen atoms in total. The number of aliphatic hydroxyl groups is 1. The number of nitrogens with zero attached hydrogens (tertiary/aromatic N) is 1. The summed E-state index contributed by atoms with van der Waals surface area (Å²) in [5.41, 5.74) is 1.25. The Morgan fingerprint density at radius 1 is 1.22 bits per heavy atom. The van der Waals surface area contributed by atoms with Crippen molar-refractivity contribution in [3.63, 3.8) is 0 Å². The number of phenolic OH excluding ortho intramolecular Hbond substituents is 1. The van der Waals surface area contributed by atoms with E-state index in [1.165, 1.54) is 30.5 Å². The molecule has 6 heteroatoms. The van der Waals surface area contributed by atoms with Crippen LogP contribution in [0.2, 0.25) is 0 Å². The first-order valence-corrected chi connectivity index (χ1v) is 14.2. The molecule has 1 unspecified atom stereocenters. The van der Waals surface area contributed by atoms with Crippen molar-refractivity contribution in [2.75, 3.05) is 20.2 Å². The van der Waals surface area contributed by atoms with Crippen LogP contribution < -0.4 is 4.74 Å². The van der Waals surface area contributed by atoms with Gasteiger partial charge < -0.3 is 19.7 Å². The highest BCUT2D eigenvalue weighted by atomic mass is 35.5. The van der Waals surface area contributed by atoms with Crippen molar-refractivity contribution in [2.24, 2.45) is 23.2 Å². The van der Waals surface area contributed by atoms with Gasteiger partial charge in [0.2, 0.25) is 0 Å². The summed E-state index contributed by atoms with van der Waals surface area (Å²) in [6.07, 6.45) is 9.55. The minimum atomic E-state index is -0.814. The third-order valence-corrected chi connectivity index (χ3v) is 11.6. The van der Waals surface area contributed by atoms with Crippen LogP contribution in [-0.2, 0) is 16.6 Å². The number of ether oxygens (including phenoxy) is 2. The van der Waals surface area contributed by atoms with E-state index in [9.17, 15) is 10.2 Å². The fraction of sp³-hybridized carbons (Fsp3) is 0.800. The van der Waals surface area contributed by atoms with Gasteiger partial charge in [0.05, 0.1) is 5.60 Å². The second-order valence-electron chi connectivity index (χ2n) is 13.7. The average Bonchev–Trinajstić information content (AvgIpc) is 3.57. The fourth-order valence-corrected chi connectivity index (χ4v) is 9.88. The zero-order valence-electron chi connectivity index (χ0n) is 22.4. The number of fused-ring (bicyclic) bond motifs is 2. The molecular formula is C30H44ClNO4. The lowest BCUT2D eigenvalue weighted by atomic mass is 9.33. The predicted octanol–water partition coefficient (Wildman–Crippen LogP) is 5.23. The number of hydrogen-bond acceptors (Lipinski definition) is 5. The van der Waals surface area contributed by atoms with Crippen LogP contribution in [0.25, 0.3) is 0 Å². The van der Waals surface area contributed by atoms with Crippen molar-refractivity contribution in [3.8, 4) is 11.5 Å². The average molecular weight is 518 g/mol. The van der Waals surface area contributed by atoms with Crippen molar-refractivity contribution in [1.29, 1.82) is 0 Å². The van der Waals surface area contributed by atoms with E-state index in [2.05, 4.69) is 31.7 Å². The van der Waals surface area contributed by atoms with E-state index in [4.69, 9.17) is 9.47 Å². The highest BCUT2D eigenvalue weighted by molar-refractivity contribution is 5.85. The Morgan fingerprint density at radius 2 is 2.00 bits per heavy atom. The lowest BCUT2D eigenvalue weighted by Crippen LogP contribution is -2.82. The summed E-state index contributed by atoms with van der Waals surface area (Å²) in [6.45, 7) is 8.87. The minimum absolute atomic E-state index is 0. The number of phenols is 1. The maximum Gasteiger partial charge on any atom is 0.165 e. The fourth-order valence-electron chi connectivity index (χ4n) is 9.88. The number of hydrogen-bond donors (Lipinski definition) is 2. The summed E-state index contributed by atoms with van der Waals surface area (Å²) in [5.74, 6) is 2.43. The minimum Gasteiger partial charge on any atom is -0.504 e. The molecule has 7 aliphatic rings. The standard InChI is InChI=1S/C30H43NO4.ClH/c1-18(2)9-10-27(3,33)22-16-28-11-12-30(22,34-4)26-29(28)13-14-31(17-19-5-6-19)23(28)15-20-7-8-21(32)25(35-26)24(20)29;/h7-8,18-19,22-23,26,32-33H,5-6,9-17H2,1-4H3;1H/t22-,23-,26-,27?,28-,29+,30-;/m1./s1. The summed E-state index contributed by atoms with van der Waals surface area (Å²) < 4.78 is 13.5. The zero-order valence-corrected chi connectivity index (χ0v) is 23.2. The lowest BCUT2D eigenvalue weighted by molar-refractivity contribution is -0.303. The molecule has 2 heterocycles. The first kappa shape index (κ1) is 25.3. The number of halogens is 1. The van der Waals surface area contributed by atoms with E-state index in [1.807, 2.05) is 13.2 Å². The maximum atomic E-state index is 12.1. The molecule has 1 aromatic rings. The summed E-state index contributed by atoms with van der Waals surface area (Å²) in [7, 11) is 1.84. The van der Waals surface area contributed by atoms with Gasteiger partial charge in [-0.3, -0.25) is 4.90 Å². The van der Waals surface area contributed by atoms with Gasteiger partial charge in [0, 0.05) is 42.0 Å². The third kappa shape index (κ3) is 2.95. The monoisotopic (exact) mass is 517 g/mol. The normalized spacial score (nSPS) is 41.4. The van der Waals surface area contributed by atoms with Crippen molar-refractivity contribution in [1.82, 2.24) is 4.90 Å². The molecule has 2 N–H and O–H groups in total. The van der Waals surface area contributed by atoms with Crippen molar-refractivity contribution < 1.29 is 19.7 Å². The second kappa shape index (κ2) is 8.00. The lowest BCUT2D eigenvalue weighted by Gasteiger charge is -2.75. The van der Waals surface area contributed by atoms with Crippen LogP contribution in [0.15, 0.2) is 12.1 Å². The van der Waals surface area contributed by atoms with Gasteiger partial charge in [-0.2, -0.15) is 0 Å². The smallest absolute Gasteiger partial charge is 0.165 e. The number of benzene rings is 1. The maximum absolute atomic E-state index is 12.1. The molecule has 7 atom stereocenters. The number of rotatable bonds is 7. The third-order valence-electron chi connectivity index (χ3n) is 11.6. The zero-order chi connectivity index (χ0) is 24.4. The molecule has 1 aromatic carbocycles. The largest absolute Gasteiger partial charge is 0.504 e. The van der Waals surface area contributed by atoms with Crippen molar-refractivity contribution in [3.05, 3.63) is 23.3 Å². The molecule has 200 valence electrons. The summed E-state index contributed by atoms with van der Waals surface area (Å²) in [5, 5.41) is 23.1. The van der Waals surface area contributed by atoms with Crippen LogP contribution in [0.5, 0.6) is 11.5 Å². The van der Waals surface area contributed by atoms with Gasteiger partial charge in [-0.15, -0.1) is 12.4 Å².